The van der Waals surface area contributed by atoms with Crippen LogP contribution in [0.5, 0.6) is 11.8 Å². The molecule has 0 aliphatic carbocycles. The van der Waals surface area contributed by atoms with Crippen LogP contribution in [0.2, 0.25) is 5.02 Å². The Balaban J connectivity index is 1.48. The first-order valence-corrected chi connectivity index (χ1v) is 16.2. The van der Waals surface area contributed by atoms with E-state index in [9.17, 15) is 22.8 Å². The van der Waals surface area contributed by atoms with Gasteiger partial charge in [-0.3, -0.25) is 4.90 Å². The summed E-state index contributed by atoms with van der Waals surface area (Å²) < 4.78 is 86.6. The molecule has 5 heterocycles. The number of nitrogen functional groups attached to an aromatic ring is 1. The van der Waals surface area contributed by atoms with Gasteiger partial charge in [0.25, 0.3) is 6.43 Å². The number of hydrogen-bond donors (Lipinski definition) is 1. The fraction of sp³-hybridized carbons (Fsp3) is 0.387. The molecule has 16 heteroatoms. The molecule has 0 unspecified atom stereocenters. The van der Waals surface area contributed by atoms with Gasteiger partial charge in [-0.1, -0.05) is 35.8 Å². The summed E-state index contributed by atoms with van der Waals surface area (Å²) >= 11 is 14.0. The molecule has 3 aliphatic heterocycles. The number of nitriles is 1. The van der Waals surface area contributed by atoms with Gasteiger partial charge in [-0.25, -0.2) is 22.0 Å². The van der Waals surface area contributed by atoms with Gasteiger partial charge in [0.05, 0.1) is 38.8 Å². The Morgan fingerprint density at radius 1 is 1.30 bits per heavy atom. The van der Waals surface area contributed by atoms with E-state index in [1.165, 1.54) is 6.07 Å². The predicted octanol–water partition coefficient (Wildman–Crippen LogP) is 7.44. The van der Waals surface area contributed by atoms with Crippen molar-refractivity contribution < 1.29 is 31.4 Å². The number of halogens is 7. The van der Waals surface area contributed by atoms with E-state index in [4.69, 9.17) is 38.4 Å². The number of rotatable bonds is 7. The van der Waals surface area contributed by atoms with Crippen LogP contribution in [0.3, 0.4) is 0 Å². The van der Waals surface area contributed by atoms with Gasteiger partial charge in [0.2, 0.25) is 0 Å². The van der Waals surface area contributed by atoms with Crippen molar-refractivity contribution in [3.05, 3.63) is 46.0 Å². The molecule has 3 aliphatic rings. The lowest BCUT2D eigenvalue weighted by atomic mass is 9.95. The zero-order chi connectivity index (χ0) is 33.4. The quantitative estimate of drug-likeness (QED) is 0.198. The average molecular weight is 712 g/mol. The second-order valence-electron chi connectivity index (χ2n) is 11.8. The Hall–Kier alpha value is -3.64. The summed E-state index contributed by atoms with van der Waals surface area (Å²) in [5.41, 5.74) is 4.69. The summed E-state index contributed by atoms with van der Waals surface area (Å²) in [6.45, 7) is 3.44. The molecule has 2 aromatic heterocycles. The lowest BCUT2D eigenvalue weighted by molar-refractivity contribution is 0.107. The van der Waals surface area contributed by atoms with Crippen molar-refractivity contribution in [3.8, 4) is 29.0 Å². The minimum Gasteiger partial charge on any atom is -0.489 e. The topological polar surface area (TPSA) is 101 Å². The van der Waals surface area contributed by atoms with Crippen LogP contribution in [-0.4, -0.2) is 71.9 Å². The highest BCUT2D eigenvalue weighted by Gasteiger charge is 2.49. The van der Waals surface area contributed by atoms with Gasteiger partial charge < -0.3 is 20.1 Å². The first-order valence-electron chi connectivity index (χ1n) is 14.6. The second-order valence-corrected chi connectivity index (χ2v) is 13.7. The Morgan fingerprint density at radius 2 is 2.09 bits per heavy atom. The molecule has 3 atom stereocenters. The monoisotopic (exact) mass is 710 g/mol. The molecule has 47 heavy (non-hydrogen) atoms. The standard InChI is InChI=1S/C31H25Cl2F5N6O2S/c1-13(32)18-11-45-26-22-25(24(38)21(23(26)33)15-3-4-17(35)27-20(15)16(8-39)28(40)47-27)41-30(42-29(22)44(18)10-19(36)37)46-12-31-5-2-6-43(31)9-14(34)7-31/h3-4,14,18-19H,1-2,5-7,9-12,40H2/t14-,18-,31+/m1/s1. The number of aromatic nitrogens is 2. The molecule has 8 nitrogen and oxygen atoms in total. The SMILES string of the molecule is C=C(Cl)[C@H]1COc2c(Cl)c(-c3ccc(F)c4sc(N)c(C#N)c34)c(F)c3nc(OC[C@@]45CCCN4C[C@H](F)C5)nc(c23)N1CC(F)F. The summed E-state index contributed by atoms with van der Waals surface area (Å²) in [4.78, 5) is 12.0. The van der Waals surface area contributed by atoms with Gasteiger partial charge in [-0.2, -0.15) is 15.2 Å². The van der Waals surface area contributed by atoms with Gasteiger partial charge in [0, 0.05) is 28.9 Å². The minimum absolute atomic E-state index is 0.0102. The van der Waals surface area contributed by atoms with Gasteiger partial charge in [-0.05, 0) is 31.0 Å². The fourth-order valence-electron chi connectivity index (χ4n) is 7.06. The van der Waals surface area contributed by atoms with E-state index in [-0.39, 0.29) is 91.0 Å². The van der Waals surface area contributed by atoms with E-state index < -0.39 is 47.9 Å². The smallest absolute Gasteiger partial charge is 0.319 e. The molecule has 2 fully saturated rings. The summed E-state index contributed by atoms with van der Waals surface area (Å²) in [7, 11) is 0. The van der Waals surface area contributed by atoms with Gasteiger partial charge >= 0.3 is 6.01 Å². The van der Waals surface area contributed by atoms with Crippen LogP contribution in [0.4, 0.5) is 32.8 Å². The van der Waals surface area contributed by atoms with Gasteiger partial charge in [-0.15, -0.1) is 11.3 Å². The van der Waals surface area contributed by atoms with Crippen LogP contribution in [-0.2, 0) is 0 Å². The summed E-state index contributed by atoms with van der Waals surface area (Å²) in [6.07, 6.45) is -2.19. The highest BCUT2D eigenvalue weighted by Crippen LogP contribution is 2.51. The lowest BCUT2D eigenvalue weighted by Crippen LogP contribution is -2.44. The van der Waals surface area contributed by atoms with Crippen LogP contribution in [0, 0.1) is 23.0 Å². The highest BCUT2D eigenvalue weighted by molar-refractivity contribution is 7.23. The zero-order valence-corrected chi connectivity index (χ0v) is 26.8. The molecule has 2 N–H and O–H groups in total. The number of alkyl halides is 3. The van der Waals surface area contributed by atoms with Crippen molar-refractivity contribution in [1.29, 1.82) is 5.26 Å². The van der Waals surface area contributed by atoms with Crippen molar-refractivity contribution in [2.75, 3.05) is 43.5 Å². The molecule has 0 bridgehead atoms. The molecule has 0 radical (unpaired) electrons. The van der Waals surface area contributed by atoms with Crippen LogP contribution < -0.4 is 20.1 Å². The van der Waals surface area contributed by atoms with Crippen LogP contribution >= 0.6 is 34.5 Å². The molecular weight excluding hydrogens is 686 g/mol. The summed E-state index contributed by atoms with van der Waals surface area (Å²) in [5.74, 6) is -2.04. The minimum atomic E-state index is -2.88. The fourth-order valence-corrected chi connectivity index (χ4v) is 8.52. The van der Waals surface area contributed by atoms with Crippen LogP contribution in [0.15, 0.2) is 23.7 Å². The van der Waals surface area contributed by atoms with Crippen LogP contribution in [0.25, 0.3) is 32.1 Å². The number of ether oxygens (including phenoxy) is 2. The van der Waals surface area contributed by atoms with E-state index in [0.29, 0.717) is 13.0 Å². The summed E-state index contributed by atoms with van der Waals surface area (Å²) in [6, 6.07) is 2.90. The second kappa shape index (κ2) is 11.8. The molecular formula is C31H25Cl2F5N6O2S. The molecule has 2 saturated heterocycles. The van der Waals surface area contributed by atoms with E-state index in [1.54, 1.807) is 0 Å². The Morgan fingerprint density at radius 3 is 2.81 bits per heavy atom. The first kappa shape index (κ1) is 31.9. The highest BCUT2D eigenvalue weighted by atomic mass is 35.5. The van der Waals surface area contributed by atoms with E-state index >= 15 is 4.39 Å². The van der Waals surface area contributed by atoms with Crippen LogP contribution in [0.1, 0.15) is 24.8 Å². The molecule has 2 aromatic carbocycles. The maximum absolute atomic E-state index is 17.0. The number of benzene rings is 2. The maximum atomic E-state index is 17.0. The third kappa shape index (κ3) is 5.10. The van der Waals surface area contributed by atoms with E-state index in [1.807, 2.05) is 11.0 Å². The van der Waals surface area contributed by atoms with Crippen molar-refractivity contribution in [2.45, 2.75) is 43.4 Å². The van der Waals surface area contributed by atoms with Gasteiger partial charge in [0.15, 0.2) is 11.6 Å². The lowest BCUT2D eigenvalue weighted by Gasteiger charge is -2.32. The Labute approximate surface area is 279 Å². The third-order valence-corrected chi connectivity index (χ3v) is 10.7. The normalized spacial score (nSPS) is 22.5. The molecule has 246 valence electrons. The molecule has 0 spiro atoms. The van der Waals surface area contributed by atoms with E-state index in [2.05, 4.69) is 16.5 Å². The predicted molar refractivity (Wildman–Crippen MR) is 171 cm³/mol. The number of fused-ring (bicyclic) bond motifs is 2. The van der Waals surface area contributed by atoms with Crippen molar-refractivity contribution in [3.63, 3.8) is 0 Å². The van der Waals surface area contributed by atoms with E-state index in [0.717, 1.165) is 28.7 Å². The molecule has 0 saturated carbocycles. The number of nitrogens with two attached hydrogens (primary N) is 1. The number of hydrogen-bond acceptors (Lipinski definition) is 9. The Kier molecular flexibility index (Phi) is 8.02. The summed E-state index contributed by atoms with van der Waals surface area (Å²) in [5, 5.41) is 9.44. The first-order chi connectivity index (χ1) is 22.4. The number of anilines is 2. The van der Waals surface area contributed by atoms with Crippen molar-refractivity contribution in [2.24, 2.45) is 0 Å². The number of thiophene rings is 1. The van der Waals surface area contributed by atoms with Crippen molar-refractivity contribution >= 4 is 66.3 Å². The molecule has 0 amide bonds. The van der Waals surface area contributed by atoms with Gasteiger partial charge in [0.1, 0.15) is 47.6 Å². The maximum Gasteiger partial charge on any atom is 0.319 e. The zero-order valence-electron chi connectivity index (χ0n) is 24.4. The number of nitrogens with zero attached hydrogens (tertiary/aromatic N) is 5. The Bertz CT molecular complexity index is 2010. The largest absolute Gasteiger partial charge is 0.489 e. The third-order valence-electron chi connectivity index (χ3n) is 9.10. The molecule has 7 rings (SSSR count). The average Bonchev–Trinajstić information content (AvgIpc) is 3.63. The molecule has 4 aromatic rings. The van der Waals surface area contributed by atoms with Crippen molar-refractivity contribution in [1.82, 2.24) is 14.9 Å².